The molecule has 1 unspecified atom stereocenters. The van der Waals surface area contributed by atoms with Crippen molar-refractivity contribution in [2.75, 3.05) is 25.1 Å². The fourth-order valence-corrected chi connectivity index (χ4v) is 4.25. The van der Waals surface area contributed by atoms with Gasteiger partial charge in [-0.15, -0.1) is 6.42 Å². The lowest BCUT2D eigenvalue weighted by Gasteiger charge is -2.25. The lowest BCUT2D eigenvalue weighted by atomic mass is 9.93. The molecule has 37 heavy (non-hydrogen) atoms. The number of nitrogens with one attached hydrogen (secondary N) is 1. The van der Waals surface area contributed by atoms with Gasteiger partial charge in [-0.05, 0) is 48.7 Å². The first-order valence-corrected chi connectivity index (χ1v) is 13.1. The highest BCUT2D eigenvalue weighted by Crippen LogP contribution is 2.31. The van der Waals surface area contributed by atoms with Crippen LogP contribution in [0.5, 0.6) is 5.75 Å². The number of carbonyl (C=O) groups excluding carboxylic acids is 2. The second kappa shape index (κ2) is 14.7. The zero-order valence-corrected chi connectivity index (χ0v) is 21.6. The van der Waals surface area contributed by atoms with E-state index in [1.165, 1.54) is 25.7 Å². The summed E-state index contributed by atoms with van der Waals surface area (Å²) in [5.41, 5.74) is 8.73. The summed E-state index contributed by atoms with van der Waals surface area (Å²) in [7, 11) is 0. The summed E-state index contributed by atoms with van der Waals surface area (Å²) >= 11 is 0. The minimum absolute atomic E-state index is 0.0460. The molecule has 7 nitrogen and oxygen atoms in total. The number of nitrogens with two attached hydrogens (primary N) is 1. The first kappa shape index (κ1) is 27.8. The van der Waals surface area contributed by atoms with Gasteiger partial charge in [0.2, 0.25) is 0 Å². The number of amidine groups is 1. The Morgan fingerprint density at radius 1 is 1.11 bits per heavy atom. The van der Waals surface area contributed by atoms with E-state index >= 15 is 0 Å². The predicted octanol–water partition coefficient (Wildman–Crippen LogP) is 5.12. The molecule has 0 radical (unpaired) electrons. The Morgan fingerprint density at radius 3 is 2.59 bits per heavy atom. The Hall–Kier alpha value is -3.79. The van der Waals surface area contributed by atoms with E-state index in [0.717, 1.165) is 24.2 Å². The molecule has 0 aliphatic carbocycles. The van der Waals surface area contributed by atoms with Gasteiger partial charge < -0.3 is 20.5 Å². The maximum absolute atomic E-state index is 12.8. The van der Waals surface area contributed by atoms with Crippen LogP contribution in [0.25, 0.3) is 0 Å². The van der Waals surface area contributed by atoms with Crippen molar-refractivity contribution < 1.29 is 19.1 Å². The molecule has 2 aromatic rings. The van der Waals surface area contributed by atoms with Gasteiger partial charge in [-0.1, -0.05) is 57.1 Å². The second-order valence-corrected chi connectivity index (χ2v) is 9.33. The predicted molar refractivity (Wildman–Crippen MR) is 147 cm³/mol. The number of benzene rings is 2. The topological polar surface area (TPSA) is 103 Å². The van der Waals surface area contributed by atoms with E-state index in [-0.39, 0.29) is 24.3 Å². The molecular formula is C30H37N3O4. The summed E-state index contributed by atoms with van der Waals surface area (Å²) in [6, 6.07) is 12.4. The third kappa shape index (κ3) is 8.98. The van der Waals surface area contributed by atoms with Gasteiger partial charge in [0.1, 0.15) is 18.1 Å². The fraction of sp³-hybridized carbons (Fsp3) is 0.433. The number of rotatable bonds is 13. The fourth-order valence-electron chi connectivity index (χ4n) is 4.25. The first-order chi connectivity index (χ1) is 18.0. The number of terminal acetylenes is 1. The molecule has 0 spiro atoms. The van der Waals surface area contributed by atoms with Gasteiger partial charge in [-0.3, -0.25) is 14.6 Å². The van der Waals surface area contributed by atoms with Crippen LogP contribution in [0, 0.1) is 18.3 Å². The molecule has 1 aliphatic heterocycles. The van der Waals surface area contributed by atoms with Crippen LogP contribution in [0.4, 0.5) is 5.69 Å². The van der Waals surface area contributed by atoms with Crippen LogP contribution in [0.1, 0.15) is 73.4 Å². The molecule has 3 N–H and O–H groups in total. The van der Waals surface area contributed by atoms with Crippen LogP contribution in [0.2, 0.25) is 0 Å². The van der Waals surface area contributed by atoms with Gasteiger partial charge in [0.25, 0.3) is 5.91 Å². The number of nitrogens with zero attached hydrogens (tertiary/aromatic N) is 1. The minimum Gasteiger partial charge on any atom is -0.493 e. The molecule has 1 atom stereocenters. The highest BCUT2D eigenvalue weighted by Gasteiger charge is 2.23. The Morgan fingerprint density at radius 2 is 1.84 bits per heavy atom. The van der Waals surface area contributed by atoms with Crippen LogP contribution in [-0.2, 0) is 16.0 Å². The average Bonchev–Trinajstić information content (AvgIpc) is 2.91. The number of aliphatic imine (C=N–C) groups is 1. The van der Waals surface area contributed by atoms with Crippen molar-refractivity contribution in [3.05, 3.63) is 59.2 Å². The summed E-state index contributed by atoms with van der Waals surface area (Å²) in [4.78, 5) is 29.1. The van der Waals surface area contributed by atoms with Gasteiger partial charge in [-0.2, -0.15) is 0 Å². The Labute approximate surface area is 219 Å². The van der Waals surface area contributed by atoms with Gasteiger partial charge in [0.15, 0.2) is 0 Å². The lowest BCUT2D eigenvalue weighted by molar-refractivity contribution is -0.145. The summed E-state index contributed by atoms with van der Waals surface area (Å²) in [6.45, 7) is 3.36. The number of esters is 1. The molecule has 0 saturated carbocycles. The largest absolute Gasteiger partial charge is 0.493 e. The Bertz CT molecular complexity index is 1120. The first-order valence-electron chi connectivity index (χ1n) is 13.1. The molecule has 1 aliphatic rings. The zero-order valence-electron chi connectivity index (χ0n) is 21.6. The summed E-state index contributed by atoms with van der Waals surface area (Å²) in [5, 5.41) is 2.93. The molecule has 3 rings (SSSR count). The van der Waals surface area contributed by atoms with Crippen molar-refractivity contribution in [1.82, 2.24) is 0 Å². The third-order valence-corrected chi connectivity index (χ3v) is 6.30. The van der Waals surface area contributed by atoms with Crippen molar-refractivity contribution in [2.45, 2.75) is 58.3 Å². The van der Waals surface area contributed by atoms with E-state index in [4.69, 9.17) is 21.6 Å². The number of hydrogen-bond acceptors (Lipinski definition) is 5. The van der Waals surface area contributed by atoms with E-state index in [9.17, 15) is 9.59 Å². The SMILES string of the molecule is C#CCN=C(N)c1ccc(C(=O)Nc2ccc3c(c2)CC(CC(=O)OCCCCCCCC)CO3)cc1. The molecule has 7 heteroatoms. The summed E-state index contributed by atoms with van der Waals surface area (Å²) < 4.78 is 11.3. The van der Waals surface area contributed by atoms with Gasteiger partial charge in [0.05, 0.1) is 19.6 Å². The molecule has 196 valence electrons. The zero-order chi connectivity index (χ0) is 26.5. The van der Waals surface area contributed by atoms with Gasteiger partial charge in [-0.25, -0.2) is 0 Å². The van der Waals surface area contributed by atoms with Crippen molar-refractivity contribution in [2.24, 2.45) is 16.6 Å². The van der Waals surface area contributed by atoms with E-state index < -0.39 is 0 Å². The molecular weight excluding hydrogens is 466 g/mol. The number of fused-ring (bicyclic) bond motifs is 1. The Kier molecular flexibility index (Phi) is 11.0. The van der Waals surface area contributed by atoms with Crippen molar-refractivity contribution in [3.8, 4) is 18.1 Å². The van der Waals surface area contributed by atoms with Gasteiger partial charge in [0, 0.05) is 22.7 Å². The van der Waals surface area contributed by atoms with Crippen molar-refractivity contribution in [3.63, 3.8) is 0 Å². The van der Waals surface area contributed by atoms with Crippen LogP contribution < -0.4 is 15.8 Å². The molecule has 1 heterocycles. The average molecular weight is 504 g/mol. The Balaban J connectivity index is 1.49. The quantitative estimate of drug-likeness (QED) is 0.130. The maximum Gasteiger partial charge on any atom is 0.306 e. The van der Waals surface area contributed by atoms with Crippen LogP contribution >= 0.6 is 0 Å². The molecule has 2 aromatic carbocycles. The van der Waals surface area contributed by atoms with E-state index in [1.54, 1.807) is 24.3 Å². The van der Waals surface area contributed by atoms with E-state index in [2.05, 4.69) is 23.2 Å². The maximum atomic E-state index is 12.8. The highest BCUT2D eigenvalue weighted by molar-refractivity contribution is 6.05. The second-order valence-electron chi connectivity index (χ2n) is 9.33. The standard InChI is InChI=1S/C30H37N3O4/c1-3-5-6-7-8-9-17-36-28(34)19-22-18-25-20-26(14-15-27(25)37-21-22)33-30(35)24-12-10-23(11-13-24)29(31)32-16-4-2/h2,10-15,20,22H,3,5-9,16-19,21H2,1H3,(H2,31,32)(H,33,35). The summed E-state index contributed by atoms with van der Waals surface area (Å²) in [6.07, 6.45) is 13.2. The van der Waals surface area contributed by atoms with E-state index in [0.29, 0.717) is 48.7 Å². The minimum atomic E-state index is -0.239. The van der Waals surface area contributed by atoms with Crippen molar-refractivity contribution in [1.29, 1.82) is 0 Å². The normalized spacial score (nSPS) is 14.7. The molecule has 0 bridgehead atoms. The van der Waals surface area contributed by atoms with Crippen LogP contribution in [0.15, 0.2) is 47.5 Å². The lowest BCUT2D eigenvalue weighted by Crippen LogP contribution is -2.24. The monoisotopic (exact) mass is 503 g/mol. The van der Waals surface area contributed by atoms with Crippen molar-refractivity contribution >= 4 is 23.4 Å². The number of hydrogen-bond donors (Lipinski definition) is 2. The van der Waals surface area contributed by atoms with Crippen LogP contribution in [-0.4, -0.2) is 37.5 Å². The van der Waals surface area contributed by atoms with Crippen LogP contribution in [0.3, 0.4) is 0 Å². The number of unbranched alkanes of at least 4 members (excludes halogenated alkanes) is 5. The smallest absolute Gasteiger partial charge is 0.306 e. The number of anilines is 1. The third-order valence-electron chi connectivity index (χ3n) is 6.30. The molecule has 0 aromatic heterocycles. The molecule has 0 fully saturated rings. The number of amides is 1. The summed E-state index contributed by atoms with van der Waals surface area (Å²) in [5.74, 6) is 3.15. The molecule has 0 saturated heterocycles. The number of ether oxygens (including phenoxy) is 2. The van der Waals surface area contributed by atoms with Gasteiger partial charge >= 0.3 is 5.97 Å². The van der Waals surface area contributed by atoms with E-state index in [1.807, 2.05) is 18.2 Å². The molecule has 1 amide bonds. The number of carbonyl (C=O) groups is 2. The highest BCUT2D eigenvalue weighted by atomic mass is 16.5.